The van der Waals surface area contributed by atoms with Gasteiger partial charge >= 0.3 is 11.9 Å². The van der Waals surface area contributed by atoms with Crippen molar-refractivity contribution >= 4 is 18.0 Å². The Morgan fingerprint density at radius 1 is 1.12 bits per heavy atom. The summed E-state index contributed by atoms with van der Waals surface area (Å²) in [6, 6.07) is 5.63. The predicted octanol–water partition coefficient (Wildman–Crippen LogP) is 3.72. The molecule has 0 heterocycles. The lowest BCUT2D eigenvalue weighted by molar-refractivity contribution is -0.145. The average molecular weight is 334 g/mol. The molecule has 0 saturated carbocycles. The number of methoxy groups -OCH3 is 1. The third kappa shape index (κ3) is 5.72. The minimum absolute atomic E-state index is 0.115. The maximum atomic E-state index is 12.2. The van der Waals surface area contributed by atoms with E-state index in [1.807, 2.05) is 18.2 Å². The number of hydrogen-bond acceptors (Lipinski definition) is 5. The first-order chi connectivity index (χ1) is 11.4. The maximum absolute atomic E-state index is 12.2. The monoisotopic (exact) mass is 334 g/mol. The molecule has 1 aromatic carbocycles. The highest BCUT2D eigenvalue weighted by Crippen LogP contribution is 2.27. The van der Waals surface area contributed by atoms with Crippen LogP contribution in [0.1, 0.15) is 51.2 Å². The predicted molar refractivity (Wildman–Crippen MR) is 92.9 cm³/mol. The number of carbonyl (C=O) groups is 2. The van der Waals surface area contributed by atoms with Gasteiger partial charge in [0, 0.05) is 5.57 Å². The van der Waals surface area contributed by atoms with Gasteiger partial charge in [0.05, 0.1) is 26.7 Å². The molecule has 0 radical (unpaired) electrons. The van der Waals surface area contributed by atoms with Crippen molar-refractivity contribution in [1.82, 2.24) is 0 Å². The fraction of sp³-hybridized carbons (Fsp3) is 0.474. The Kier molecular flexibility index (Phi) is 8.02. The lowest BCUT2D eigenvalue weighted by atomic mass is 9.95. The molecule has 24 heavy (non-hydrogen) atoms. The van der Waals surface area contributed by atoms with E-state index < -0.39 is 11.9 Å². The van der Waals surface area contributed by atoms with E-state index in [2.05, 4.69) is 13.8 Å². The molecule has 0 aliphatic carbocycles. The van der Waals surface area contributed by atoms with Gasteiger partial charge in [0.15, 0.2) is 0 Å². The highest BCUT2D eigenvalue weighted by atomic mass is 16.5. The van der Waals surface area contributed by atoms with Crippen molar-refractivity contribution < 1.29 is 23.8 Å². The molecule has 0 bridgehead atoms. The van der Waals surface area contributed by atoms with Gasteiger partial charge < -0.3 is 14.2 Å². The summed E-state index contributed by atoms with van der Waals surface area (Å²) in [5.74, 6) is 0.0313. The van der Waals surface area contributed by atoms with Crippen LogP contribution in [0.4, 0.5) is 0 Å². The molecule has 0 fully saturated rings. The minimum Gasteiger partial charge on any atom is -0.497 e. The Bertz CT molecular complexity index is 602. The third-order valence-corrected chi connectivity index (χ3v) is 3.42. The van der Waals surface area contributed by atoms with Gasteiger partial charge in [-0.3, -0.25) is 4.79 Å². The van der Waals surface area contributed by atoms with Crippen LogP contribution in [0.2, 0.25) is 0 Å². The van der Waals surface area contributed by atoms with Crippen molar-refractivity contribution in [3.8, 4) is 5.75 Å². The van der Waals surface area contributed by atoms with Crippen molar-refractivity contribution in [2.24, 2.45) is 0 Å². The molecule has 0 aromatic heterocycles. The van der Waals surface area contributed by atoms with Crippen molar-refractivity contribution in [1.29, 1.82) is 0 Å². The first-order valence-electron chi connectivity index (χ1n) is 8.14. The summed E-state index contributed by atoms with van der Waals surface area (Å²) in [5, 5.41) is 0. The van der Waals surface area contributed by atoms with E-state index in [-0.39, 0.29) is 31.1 Å². The second kappa shape index (κ2) is 9.75. The molecule has 0 N–H and O–H groups in total. The van der Waals surface area contributed by atoms with Crippen LogP contribution in [0.5, 0.6) is 5.75 Å². The molecule has 5 nitrogen and oxygen atoms in total. The Hall–Kier alpha value is -2.30. The summed E-state index contributed by atoms with van der Waals surface area (Å²) in [6.45, 7) is 8.09. The summed E-state index contributed by atoms with van der Waals surface area (Å²) < 4.78 is 15.3. The highest BCUT2D eigenvalue weighted by Gasteiger charge is 2.17. The molecule has 0 aliphatic heterocycles. The lowest BCUT2D eigenvalue weighted by Crippen LogP contribution is -2.13. The van der Waals surface area contributed by atoms with Gasteiger partial charge in [-0.1, -0.05) is 19.9 Å². The van der Waals surface area contributed by atoms with Crippen LogP contribution in [-0.2, 0) is 19.1 Å². The summed E-state index contributed by atoms with van der Waals surface area (Å²) >= 11 is 0. The molecule has 0 saturated heterocycles. The van der Waals surface area contributed by atoms with E-state index in [1.165, 1.54) is 0 Å². The second-order valence-corrected chi connectivity index (χ2v) is 5.52. The fourth-order valence-corrected chi connectivity index (χ4v) is 2.27. The van der Waals surface area contributed by atoms with E-state index in [4.69, 9.17) is 14.2 Å². The zero-order chi connectivity index (χ0) is 18.1. The normalized spacial score (nSPS) is 11.3. The molecular formula is C19H26O5. The zero-order valence-electron chi connectivity index (χ0n) is 15.0. The Balaban J connectivity index is 3.25. The van der Waals surface area contributed by atoms with Crippen LogP contribution in [-0.4, -0.2) is 32.3 Å². The number of hydrogen-bond donors (Lipinski definition) is 0. The molecule has 0 spiro atoms. The Labute approximate surface area is 143 Å². The largest absolute Gasteiger partial charge is 0.497 e. The molecule has 1 rings (SSSR count). The Morgan fingerprint density at radius 2 is 1.79 bits per heavy atom. The average Bonchev–Trinajstić information content (AvgIpc) is 2.54. The summed E-state index contributed by atoms with van der Waals surface area (Å²) in [4.78, 5) is 23.9. The topological polar surface area (TPSA) is 61.8 Å². The maximum Gasteiger partial charge on any atom is 0.334 e. The molecule has 132 valence electrons. The van der Waals surface area contributed by atoms with Crippen LogP contribution >= 0.6 is 0 Å². The van der Waals surface area contributed by atoms with Crippen LogP contribution in [0, 0.1) is 0 Å². The molecule has 1 aromatic rings. The van der Waals surface area contributed by atoms with Gasteiger partial charge in [-0.2, -0.15) is 0 Å². The fourth-order valence-electron chi connectivity index (χ4n) is 2.27. The SMILES string of the molecule is CCOC(=O)C/C(=C\c1ccc(OC)cc1C(C)C)C(=O)OCC. The number of benzene rings is 1. The van der Waals surface area contributed by atoms with E-state index in [9.17, 15) is 9.59 Å². The summed E-state index contributed by atoms with van der Waals surface area (Å²) in [6.07, 6.45) is 1.58. The smallest absolute Gasteiger partial charge is 0.334 e. The number of esters is 2. The van der Waals surface area contributed by atoms with E-state index in [0.717, 1.165) is 16.9 Å². The first-order valence-corrected chi connectivity index (χ1v) is 8.14. The van der Waals surface area contributed by atoms with Gasteiger partial charge in [0.2, 0.25) is 0 Å². The lowest BCUT2D eigenvalue weighted by Gasteiger charge is -2.13. The van der Waals surface area contributed by atoms with Crippen LogP contribution in [0.15, 0.2) is 23.8 Å². The molecule has 0 atom stereocenters. The molecule has 0 amide bonds. The zero-order valence-corrected chi connectivity index (χ0v) is 15.0. The van der Waals surface area contributed by atoms with Crippen LogP contribution in [0.3, 0.4) is 0 Å². The van der Waals surface area contributed by atoms with E-state index >= 15 is 0 Å². The Morgan fingerprint density at radius 3 is 2.33 bits per heavy atom. The van der Waals surface area contributed by atoms with Gasteiger partial charge in [0.25, 0.3) is 0 Å². The number of carbonyl (C=O) groups excluding carboxylic acids is 2. The number of ether oxygens (including phenoxy) is 3. The standard InChI is InChI=1S/C19H26O5/c1-6-23-18(20)11-15(19(21)24-7-2)10-14-8-9-16(22-5)12-17(14)13(3)4/h8-10,12-13H,6-7,11H2,1-5H3/b15-10+. The van der Waals surface area contributed by atoms with Crippen molar-refractivity contribution in [3.05, 3.63) is 34.9 Å². The summed E-state index contributed by atoms with van der Waals surface area (Å²) in [5.41, 5.74) is 2.17. The second-order valence-electron chi connectivity index (χ2n) is 5.52. The van der Waals surface area contributed by atoms with Gasteiger partial charge in [0.1, 0.15) is 5.75 Å². The minimum atomic E-state index is -0.504. The quantitative estimate of drug-likeness (QED) is 0.535. The molecule has 0 aliphatic rings. The molecule has 0 unspecified atom stereocenters. The number of rotatable bonds is 8. The van der Waals surface area contributed by atoms with Crippen molar-refractivity contribution in [2.75, 3.05) is 20.3 Å². The molecular weight excluding hydrogens is 308 g/mol. The highest BCUT2D eigenvalue weighted by molar-refractivity contribution is 5.98. The summed E-state index contributed by atoms with van der Waals surface area (Å²) in [7, 11) is 1.61. The van der Waals surface area contributed by atoms with Crippen LogP contribution < -0.4 is 4.74 Å². The van der Waals surface area contributed by atoms with Gasteiger partial charge in [-0.05, 0) is 49.1 Å². The van der Waals surface area contributed by atoms with E-state index in [0.29, 0.717) is 0 Å². The van der Waals surface area contributed by atoms with Gasteiger partial charge in [-0.15, -0.1) is 0 Å². The van der Waals surface area contributed by atoms with Gasteiger partial charge in [-0.25, -0.2) is 4.79 Å². The third-order valence-electron chi connectivity index (χ3n) is 3.42. The van der Waals surface area contributed by atoms with Crippen molar-refractivity contribution in [2.45, 2.75) is 40.0 Å². The van der Waals surface area contributed by atoms with Crippen LogP contribution in [0.25, 0.3) is 6.08 Å². The van der Waals surface area contributed by atoms with Crippen molar-refractivity contribution in [3.63, 3.8) is 0 Å². The molecule has 5 heteroatoms. The van der Waals surface area contributed by atoms with E-state index in [1.54, 1.807) is 27.0 Å². The first kappa shape index (κ1) is 19.7.